The first kappa shape index (κ1) is 20.0. The number of halogens is 2. The number of benzene rings is 2. The van der Waals surface area contributed by atoms with Gasteiger partial charge in [-0.1, -0.05) is 11.6 Å². The number of rotatable bonds is 5. The van der Waals surface area contributed by atoms with Crippen molar-refractivity contribution in [1.29, 1.82) is 5.26 Å². The smallest absolute Gasteiger partial charge is 0.272 e. The van der Waals surface area contributed by atoms with Crippen molar-refractivity contribution in [2.75, 3.05) is 12.4 Å². The lowest BCUT2D eigenvalue weighted by Gasteiger charge is -2.14. The van der Waals surface area contributed by atoms with Gasteiger partial charge in [0.2, 0.25) is 5.91 Å². The van der Waals surface area contributed by atoms with Crippen LogP contribution in [0.2, 0.25) is 5.02 Å². The van der Waals surface area contributed by atoms with Crippen LogP contribution in [0.15, 0.2) is 53.5 Å². The molecule has 1 aromatic heterocycles. The lowest BCUT2D eigenvalue weighted by Crippen LogP contribution is -2.31. The summed E-state index contributed by atoms with van der Waals surface area (Å²) in [4.78, 5) is 29.3. The second-order valence-corrected chi connectivity index (χ2v) is 6.33. The molecule has 0 saturated heterocycles. The molecule has 0 aliphatic heterocycles. The highest BCUT2D eigenvalue weighted by atomic mass is 35.5. The van der Waals surface area contributed by atoms with Crippen LogP contribution in [0.25, 0.3) is 11.4 Å². The first-order valence-electron chi connectivity index (χ1n) is 8.32. The zero-order valence-electron chi connectivity index (χ0n) is 15.1. The van der Waals surface area contributed by atoms with Crippen molar-refractivity contribution in [3.63, 3.8) is 0 Å². The molecule has 3 rings (SSSR count). The van der Waals surface area contributed by atoms with Gasteiger partial charge in [0.15, 0.2) is 0 Å². The molecular weight excluding hydrogens is 399 g/mol. The maximum Gasteiger partial charge on any atom is 0.272 e. The van der Waals surface area contributed by atoms with Crippen LogP contribution >= 0.6 is 11.6 Å². The number of hydrogen-bond acceptors (Lipinski definition) is 5. The van der Waals surface area contributed by atoms with E-state index in [1.165, 1.54) is 37.4 Å². The Morgan fingerprint density at radius 2 is 2.03 bits per heavy atom. The normalized spacial score (nSPS) is 10.3. The van der Waals surface area contributed by atoms with Crippen LogP contribution in [0.3, 0.4) is 0 Å². The summed E-state index contributed by atoms with van der Waals surface area (Å²) in [5.74, 6) is -0.505. The van der Waals surface area contributed by atoms with Crippen LogP contribution in [-0.4, -0.2) is 22.6 Å². The van der Waals surface area contributed by atoms with Crippen LogP contribution in [0.1, 0.15) is 5.56 Å². The van der Waals surface area contributed by atoms with E-state index in [2.05, 4.69) is 10.3 Å². The molecule has 1 amide bonds. The molecule has 2 aromatic carbocycles. The van der Waals surface area contributed by atoms with Gasteiger partial charge < -0.3 is 10.1 Å². The minimum absolute atomic E-state index is 0.127. The minimum atomic E-state index is -0.685. The predicted octanol–water partition coefficient (Wildman–Crippen LogP) is 3.22. The van der Waals surface area contributed by atoms with Crippen molar-refractivity contribution in [3.05, 3.63) is 75.4 Å². The Bertz CT molecular complexity index is 1170. The Morgan fingerprint density at radius 1 is 1.31 bits per heavy atom. The Labute approximate surface area is 170 Å². The van der Waals surface area contributed by atoms with E-state index in [4.69, 9.17) is 21.6 Å². The predicted molar refractivity (Wildman–Crippen MR) is 105 cm³/mol. The van der Waals surface area contributed by atoms with Crippen molar-refractivity contribution in [3.8, 4) is 23.2 Å². The molecule has 29 heavy (non-hydrogen) atoms. The van der Waals surface area contributed by atoms with Crippen molar-refractivity contribution in [2.24, 2.45) is 0 Å². The van der Waals surface area contributed by atoms with Gasteiger partial charge in [-0.05, 0) is 42.5 Å². The van der Waals surface area contributed by atoms with Crippen molar-refractivity contribution in [2.45, 2.75) is 6.54 Å². The number of nitrogens with zero attached hydrogens (tertiary/aromatic N) is 3. The highest BCUT2D eigenvalue weighted by Gasteiger charge is 2.16. The molecule has 0 fully saturated rings. The van der Waals surface area contributed by atoms with Crippen LogP contribution < -0.4 is 15.6 Å². The molecule has 146 valence electrons. The zero-order chi connectivity index (χ0) is 21.0. The van der Waals surface area contributed by atoms with E-state index in [0.29, 0.717) is 22.0 Å². The first-order valence-corrected chi connectivity index (χ1v) is 8.70. The van der Waals surface area contributed by atoms with Crippen LogP contribution in [0, 0.1) is 17.1 Å². The zero-order valence-corrected chi connectivity index (χ0v) is 15.9. The second kappa shape index (κ2) is 8.54. The summed E-state index contributed by atoms with van der Waals surface area (Å²) in [7, 11) is 1.44. The number of anilines is 1. The van der Waals surface area contributed by atoms with E-state index in [0.717, 1.165) is 10.8 Å². The Kier molecular flexibility index (Phi) is 5.90. The summed E-state index contributed by atoms with van der Waals surface area (Å²) in [5, 5.41) is 12.1. The van der Waals surface area contributed by atoms with Crippen LogP contribution in [0.5, 0.6) is 5.75 Å². The molecule has 0 saturated carbocycles. The largest absolute Gasteiger partial charge is 0.495 e. The number of amides is 1. The van der Waals surface area contributed by atoms with Gasteiger partial charge in [0, 0.05) is 10.6 Å². The lowest BCUT2D eigenvalue weighted by molar-refractivity contribution is -0.116. The van der Waals surface area contributed by atoms with E-state index >= 15 is 0 Å². The van der Waals surface area contributed by atoms with Gasteiger partial charge >= 0.3 is 0 Å². The molecular formula is C20H14ClFN4O3. The molecule has 0 unspecified atom stereocenters. The topological polar surface area (TPSA) is 97.0 Å². The monoisotopic (exact) mass is 412 g/mol. The standard InChI is InChI=1S/C20H14ClFN4O3/c1-29-17-7-4-14(21)8-16(17)25-18(27)11-26-19(12-2-5-15(22)6-3-12)24-10-13(9-23)20(26)28/h2-8,10H,11H2,1H3,(H,25,27). The van der Waals surface area contributed by atoms with E-state index < -0.39 is 23.8 Å². The quantitative estimate of drug-likeness (QED) is 0.694. The van der Waals surface area contributed by atoms with Crippen molar-refractivity contribution in [1.82, 2.24) is 9.55 Å². The third kappa shape index (κ3) is 4.42. The third-order valence-electron chi connectivity index (χ3n) is 4.01. The molecule has 0 bridgehead atoms. The molecule has 0 aliphatic rings. The number of carbonyl (C=O) groups excluding carboxylic acids is 1. The molecule has 0 spiro atoms. The van der Waals surface area contributed by atoms with Crippen molar-refractivity contribution < 1.29 is 13.9 Å². The summed E-state index contributed by atoms with van der Waals surface area (Å²) in [6, 6.07) is 11.7. The molecule has 0 atom stereocenters. The van der Waals surface area contributed by atoms with E-state index in [-0.39, 0.29) is 11.4 Å². The maximum atomic E-state index is 13.2. The van der Waals surface area contributed by atoms with E-state index in [1.54, 1.807) is 18.2 Å². The third-order valence-corrected chi connectivity index (χ3v) is 4.24. The average Bonchev–Trinajstić information content (AvgIpc) is 2.70. The number of aromatic nitrogens is 2. The Hall–Kier alpha value is -3.70. The Morgan fingerprint density at radius 3 is 2.69 bits per heavy atom. The summed E-state index contributed by atoms with van der Waals surface area (Å²) >= 11 is 5.96. The van der Waals surface area contributed by atoms with Gasteiger partial charge in [0.1, 0.15) is 35.6 Å². The molecule has 1 heterocycles. The summed E-state index contributed by atoms with van der Waals surface area (Å²) in [6.45, 7) is -0.427. The lowest BCUT2D eigenvalue weighted by atomic mass is 10.2. The van der Waals surface area contributed by atoms with Crippen molar-refractivity contribution >= 4 is 23.2 Å². The molecule has 3 aromatic rings. The summed E-state index contributed by atoms with van der Waals surface area (Å²) < 4.78 is 19.5. The summed E-state index contributed by atoms with van der Waals surface area (Å²) in [5.41, 5.74) is -0.161. The molecule has 9 heteroatoms. The number of hydrogen-bond donors (Lipinski definition) is 1. The van der Waals surface area contributed by atoms with E-state index in [9.17, 15) is 14.0 Å². The molecule has 1 N–H and O–H groups in total. The van der Waals surface area contributed by atoms with Gasteiger partial charge in [-0.2, -0.15) is 5.26 Å². The fourth-order valence-electron chi connectivity index (χ4n) is 2.66. The van der Waals surface area contributed by atoms with Crippen LogP contribution in [-0.2, 0) is 11.3 Å². The first-order chi connectivity index (χ1) is 13.9. The highest BCUT2D eigenvalue weighted by molar-refractivity contribution is 6.31. The molecule has 0 aliphatic carbocycles. The van der Waals surface area contributed by atoms with Gasteiger partial charge in [-0.3, -0.25) is 14.2 Å². The van der Waals surface area contributed by atoms with Gasteiger partial charge in [0.05, 0.1) is 19.0 Å². The number of nitrogens with one attached hydrogen (secondary N) is 1. The number of nitriles is 1. The number of carbonyl (C=O) groups is 1. The van der Waals surface area contributed by atoms with Gasteiger partial charge in [0.25, 0.3) is 5.56 Å². The van der Waals surface area contributed by atoms with Crippen LogP contribution in [0.4, 0.5) is 10.1 Å². The summed E-state index contributed by atoms with van der Waals surface area (Å²) in [6.07, 6.45) is 1.12. The SMILES string of the molecule is COc1ccc(Cl)cc1NC(=O)Cn1c(-c2ccc(F)cc2)ncc(C#N)c1=O. The van der Waals surface area contributed by atoms with Gasteiger partial charge in [-0.15, -0.1) is 0 Å². The fraction of sp³-hybridized carbons (Fsp3) is 0.100. The van der Waals surface area contributed by atoms with Gasteiger partial charge in [-0.25, -0.2) is 9.37 Å². The second-order valence-electron chi connectivity index (χ2n) is 5.90. The fourth-order valence-corrected chi connectivity index (χ4v) is 2.83. The number of methoxy groups -OCH3 is 1. The van der Waals surface area contributed by atoms with E-state index in [1.807, 2.05) is 0 Å². The average molecular weight is 413 g/mol. The highest BCUT2D eigenvalue weighted by Crippen LogP contribution is 2.27. The molecule has 0 radical (unpaired) electrons. The number of ether oxygens (including phenoxy) is 1. The Balaban J connectivity index is 1.98. The molecule has 7 nitrogen and oxygen atoms in total. The minimum Gasteiger partial charge on any atom is -0.495 e. The maximum absolute atomic E-state index is 13.2.